The van der Waals surface area contributed by atoms with Crippen LogP contribution in [0.25, 0.3) is 5.69 Å². The van der Waals surface area contributed by atoms with Gasteiger partial charge < -0.3 is 10.6 Å². The molecule has 7 heteroatoms. The number of piperidine rings is 1. The molecule has 1 aromatic carbocycles. The molecule has 2 heterocycles. The van der Waals surface area contributed by atoms with E-state index in [9.17, 15) is 4.79 Å². The highest BCUT2D eigenvalue weighted by atomic mass is 35.5. The molecule has 1 fully saturated rings. The Morgan fingerprint density at radius 2 is 2.21 bits per heavy atom. The van der Waals surface area contributed by atoms with Crippen LogP contribution in [0.3, 0.4) is 0 Å². The molecule has 0 saturated carbocycles. The molecule has 1 amide bonds. The average Bonchev–Trinajstić information content (AvgIpc) is 3.04. The smallest absolute Gasteiger partial charge is 0.257 e. The van der Waals surface area contributed by atoms with E-state index in [1.165, 1.54) is 0 Å². The third kappa shape index (κ3) is 3.91. The quantitative estimate of drug-likeness (QED) is 0.903. The normalized spacial score (nSPS) is 18.8. The Morgan fingerprint density at radius 1 is 1.42 bits per heavy atom. The lowest BCUT2D eigenvalue weighted by molar-refractivity contribution is 0.0584. The van der Waals surface area contributed by atoms with Crippen molar-refractivity contribution in [3.8, 4) is 5.69 Å². The number of likely N-dealkylation sites (tertiary alicyclic amines) is 1. The van der Waals surface area contributed by atoms with Gasteiger partial charge in [-0.25, -0.2) is 4.68 Å². The van der Waals surface area contributed by atoms with E-state index in [1.54, 1.807) is 17.1 Å². The maximum Gasteiger partial charge on any atom is 0.257 e. The van der Waals surface area contributed by atoms with Crippen LogP contribution in [0.1, 0.15) is 36.5 Å². The molecule has 24 heavy (non-hydrogen) atoms. The number of halogens is 2. The highest BCUT2D eigenvalue weighted by Gasteiger charge is 2.30. The van der Waals surface area contributed by atoms with Crippen molar-refractivity contribution in [2.75, 3.05) is 6.54 Å². The first-order valence-electron chi connectivity index (χ1n) is 7.93. The summed E-state index contributed by atoms with van der Waals surface area (Å²) in [6, 6.07) is 7.46. The Balaban J connectivity index is 0.00000208. The van der Waals surface area contributed by atoms with E-state index in [-0.39, 0.29) is 30.4 Å². The van der Waals surface area contributed by atoms with Gasteiger partial charge in [-0.1, -0.05) is 17.7 Å². The lowest BCUT2D eigenvalue weighted by Crippen LogP contribution is -2.51. The van der Waals surface area contributed by atoms with Crippen molar-refractivity contribution in [3.05, 3.63) is 47.2 Å². The molecule has 1 saturated heterocycles. The van der Waals surface area contributed by atoms with Crippen LogP contribution in [0.4, 0.5) is 0 Å². The number of rotatable bonds is 3. The Kier molecular flexibility index (Phi) is 6.27. The standard InChI is InChI=1S/C17H21ClN4O.ClH/c1-12(19)16-7-2-3-8-21(16)17(23)13-10-20-22(11-13)15-6-4-5-14(18)9-15;/h4-6,9-12,16H,2-3,7-8,19H2,1H3;1H. The molecule has 1 aromatic heterocycles. The van der Waals surface area contributed by atoms with E-state index in [0.717, 1.165) is 31.5 Å². The molecule has 0 aliphatic carbocycles. The van der Waals surface area contributed by atoms with Gasteiger partial charge in [0, 0.05) is 29.8 Å². The van der Waals surface area contributed by atoms with Gasteiger partial charge in [-0.2, -0.15) is 5.10 Å². The number of amides is 1. The maximum atomic E-state index is 12.8. The molecule has 130 valence electrons. The van der Waals surface area contributed by atoms with E-state index in [1.807, 2.05) is 36.1 Å². The van der Waals surface area contributed by atoms with Gasteiger partial charge in [0.2, 0.25) is 0 Å². The lowest BCUT2D eigenvalue weighted by Gasteiger charge is -2.37. The van der Waals surface area contributed by atoms with Gasteiger partial charge in [0.15, 0.2) is 0 Å². The third-order valence-corrected chi connectivity index (χ3v) is 4.55. The molecular weight excluding hydrogens is 347 g/mol. The molecule has 2 unspecified atom stereocenters. The first kappa shape index (κ1) is 18.8. The average molecular weight is 369 g/mol. The summed E-state index contributed by atoms with van der Waals surface area (Å²) in [6.45, 7) is 2.72. The molecule has 2 N–H and O–H groups in total. The van der Waals surface area contributed by atoms with E-state index < -0.39 is 0 Å². The second-order valence-electron chi connectivity index (χ2n) is 6.07. The first-order chi connectivity index (χ1) is 11.1. The molecule has 0 spiro atoms. The van der Waals surface area contributed by atoms with Gasteiger partial charge in [0.05, 0.1) is 17.4 Å². The van der Waals surface area contributed by atoms with E-state index in [2.05, 4.69) is 5.10 Å². The van der Waals surface area contributed by atoms with E-state index >= 15 is 0 Å². The Hall–Kier alpha value is -1.56. The number of hydrogen-bond donors (Lipinski definition) is 1. The van der Waals surface area contributed by atoms with Crippen molar-refractivity contribution in [3.63, 3.8) is 0 Å². The fourth-order valence-corrected chi connectivity index (χ4v) is 3.30. The van der Waals surface area contributed by atoms with Gasteiger partial charge in [-0.15, -0.1) is 12.4 Å². The van der Waals surface area contributed by atoms with Crippen LogP contribution < -0.4 is 5.73 Å². The molecule has 2 aromatic rings. The zero-order valence-corrected chi connectivity index (χ0v) is 15.1. The summed E-state index contributed by atoms with van der Waals surface area (Å²) < 4.78 is 1.67. The molecule has 1 aliphatic rings. The van der Waals surface area contributed by atoms with Crippen molar-refractivity contribution in [2.24, 2.45) is 5.73 Å². The SMILES string of the molecule is CC(N)C1CCCCN1C(=O)c1cnn(-c2cccc(Cl)c2)c1.Cl. The highest BCUT2D eigenvalue weighted by Crippen LogP contribution is 2.22. The summed E-state index contributed by atoms with van der Waals surface area (Å²) in [4.78, 5) is 14.7. The predicted octanol–water partition coefficient (Wildman–Crippen LogP) is 3.29. The second kappa shape index (κ2) is 8.01. The highest BCUT2D eigenvalue weighted by molar-refractivity contribution is 6.30. The van der Waals surface area contributed by atoms with Gasteiger partial charge >= 0.3 is 0 Å². The first-order valence-corrected chi connectivity index (χ1v) is 8.31. The van der Waals surface area contributed by atoms with Gasteiger partial charge in [-0.3, -0.25) is 4.79 Å². The molecule has 3 rings (SSSR count). The molecule has 0 bridgehead atoms. The van der Waals surface area contributed by atoms with Crippen LogP contribution in [0, 0.1) is 0 Å². The van der Waals surface area contributed by atoms with Crippen LogP contribution in [0.5, 0.6) is 0 Å². The van der Waals surface area contributed by atoms with Crippen molar-refractivity contribution in [1.82, 2.24) is 14.7 Å². The summed E-state index contributed by atoms with van der Waals surface area (Å²) in [7, 11) is 0. The van der Waals surface area contributed by atoms with Crippen LogP contribution in [0.15, 0.2) is 36.7 Å². The van der Waals surface area contributed by atoms with E-state index in [4.69, 9.17) is 17.3 Å². The Bertz CT molecular complexity index is 701. The molecule has 1 aliphatic heterocycles. The van der Waals surface area contributed by atoms with Crippen molar-refractivity contribution >= 4 is 29.9 Å². The van der Waals surface area contributed by atoms with Crippen LogP contribution in [-0.4, -0.2) is 39.2 Å². The van der Waals surface area contributed by atoms with Crippen molar-refractivity contribution in [1.29, 1.82) is 0 Å². The van der Waals surface area contributed by atoms with Gasteiger partial charge in [0.1, 0.15) is 0 Å². The van der Waals surface area contributed by atoms with E-state index in [0.29, 0.717) is 10.6 Å². The Morgan fingerprint density at radius 3 is 2.92 bits per heavy atom. The third-order valence-electron chi connectivity index (χ3n) is 4.32. The minimum Gasteiger partial charge on any atom is -0.334 e. The summed E-state index contributed by atoms with van der Waals surface area (Å²) in [6.07, 6.45) is 6.47. The molecular formula is C17H22Cl2N4O. The summed E-state index contributed by atoms with van der Waals surface area (Å²) in [5.41, 5.74) is 7.47. The minimum atomic E-state index is -0.0257. The number of benzene rings is 1. The monoisotopic (exact) mass is 368 g/mol. The molecule has 2 atom stereocenters. The number of nitrogens with two attached hydrogens (primary N) is 1. The van der Waals surface area contributed by atoms with Crippen LogP contribution in [-0.2, 0) is 0 Å². The number of hydrogen-bond acceptors (Lipinski definition) is 3. The number of carbonyl (C=O) groups excluding carboxylic acids is 1. The topological polar surface area (TPSA) is 64.2 Å². The largest absolute Gasteiger partial charge is 0.334 e. The van der Waals surface area contributed by atoms with Crippen LogP contribution >= 0.6 is 24.0 Å². The fraction of sp³-hybridized carbons (Fsp3) is 0.412. The fourth-order valence-electron chi connectivity index (χ4n) is 3.12. The predicted molar refractivity (Wildman–Crippen MR) is 98.1 cm³/mol. The van der Waals surface area contributed by atoms with Gasteiger partial charge in [0.25, 0.3) is 5.91 Å². The molecule has 0 radical (unpaired) electrons. The minimum absolute atomic E-state index is 0. The zero-order valence-electron chi connectivity index (χ0n) is 13.6. The Labute approximate surface area is 153 Å². The van der Waals surface area contributed by atoms with Crippen LogP contribution in [0.2, 0.25) is 5.02 Å². The van der Waals surface area contributed by atoms with Crippen molar-refractivity contribution in [2.45, 2.75) is 38.3 Å². The lowest BCUT2D eigenvalue weighted by atomic mass is 9.96. The maximum absolute atomic E-state index is 12.8. The number of nitrogens with zero attached hydrogens (tertiary/aromatic N) is 3. The summed E-state index contributed by atoms with van der Waals surface area (Å²) >= 11 is 6.01. The zero-order chi connectivity index (χ0) is 16.4. The van der Waals surface area contributed by atoms with Crippen molar-refractivity contribution < 1.29 is 4.79 Å². The van der Waals surface area contributed by atoms with Gasteiger partial charge in [-0.05, 0) is 44.4 Å². The summed E-state index contributed by atoms with van der Waals surface area (Å²) in [5.74, 6) is 0.000257. The number of carbonyl (C=O) groups is 1. The second-order valence-corrected chi connectivity index (χ2v) is 6.51. The summed E-state index contributed by atoms with van der Waals surface area (Å²) in [5, 5.41) is 4.93. The molecule has 5 nitrogen and oxygen atoms in total. The number of aromatic nitrogens is 2.